The fourth-order valence-electron chi connectivity index (χ4n) is 2.41. The zero-order chi connectivity index (χ0) is 17.9. The SMILES string of the molecule is CC(Nc1nc(-c2ccc(NS(C)(=O)=O)cc2)cs1)c1ccccc1. The molecule has 1 unspecified atom stereocenters. The maximum absolute atomic E-state index is 11.2. The molecule has 1 aromatic heterocycles. The van der Waals surface area contributed by atoms with Crippen LogP contribution in [0.5, 0.6) is 0 Å². The van der Waals surface area contributed by atoms with Crippen LogP contribution < -0.4 is 10.0 Å². The average Bonchev–Trinajstić information content (AvgIpc) is 3.03. The highest BCUT2D eigenvalue weighted by atomic mass is 32.2. The van der Waals surface area contributed by atoms with Gasteiger partial charge in [0.15, 0.2) is 5.13 Å². The predicted molar refractivity (Wildman–Crippen MR) is 104 cm³/mol. The molecule has 25 heavy (non-hydrogen) atoms. The number of anilines is 2. The minimum absolute atomic E-state index is 0.168. The highest BCUT2D eigenvalue weighted by Gasteiger charge is 2.09. The first-order chi connectivity index (χ1) is 11.9. The van der Waals surface area contributed by atoms with Crippen LogP contribution in [0.2, 0.25) is 0 Å². The summed E-state index contributed by atoms with van der Waals surface area (Å²) >= 11 is 1.55. The lowest BCUT2D eigenvalue weighted by Crippen LogP contribution is -2.09. The quantitative estimate of drug-likeness (QED) is 0.674. The summed E-state index contributed by atoms with van der Waals surface area (Å²) in [6, 6.07) is 17.5. The van der Waals surface area contributed by atoms with Crippen molar-refractivity contribution < 1.29 is 8.42 Å². The molecule has 0 amide bonds. The van der Waals surface area contributed by atoms with Crippen molar-refractivity contribution in [2.45, 2.75) is 13.0 Å². The molecule has 3 aromatic rings. The number of hydrogen-bond acceptors (Lipinski definition) is 5. The second-order valence-electron chi connectivity index (χ2n) is 5.77. The van der Waals surface area contributed by atoms with Crippen molar-refractivity contribution in [1.82, 2.24) is 4.98 Å². The lowest BCUT2D eigenvalue weighted by Gasteiger charge is -2.12. The van der Waals surface area contributed by atoms with Crippen LogP contribution in [0.1, 0.15) is 18.5 Å². The largest absolute Gasteiger partial charge is 0.355 e. The van der Waals surface area contributed by atoms with E-state index in [0.29, 0.717) is 5.69 Å². The minimum Gasteiger partial charge on any atom is -0.355 e. The first-order valence-corrected chi connectivity index (χ1v) is 10.5. The number of nitrogens with zero attached hydrogens (tertiary/aromatic N) is 1. The van der Waals surface area contributed by atoms with Crippen LogP contribution in [-0.2, 0) is 10.0 Å². The van der Waals surface area contributed by atoms with Crippen molar-refractivity contribution in [1.29, 1.82) is 0 Å². The fourth-order valence-corrected chi connectivity index (χ4v) is 3.78. The molecule has 0 saturated carbocycles. The summed E-state index contributed by atoms with van der Waals surface area (Å²) in [6.07, 6.45) is 1.13. The van der Waals surface area contributed by atoms with E-state index in [0.717, 1.165) is 22.6 Å². The normalized spacial score (nSPS) is 12.6. The van der Waals surface area contributed by atoms with Crippen molar-refractivity contribution in [3.05, 3.63) is 65.5 Å². The lowest BCUT2D eigenvalue weighted by atomic mass is 10.1. The lowest BCUT2D eigenvalue weighted by molar-refractivity contribution is 0.607. The van der Waals surface area contributed by atoms with E-state index in [9.17, 15) is 8.42 Å². The second-order valence-corrected chi connectivity index (χ2v) is 8.37. The third-order valence-corrected chi connectivity index (χ3v) is 5.01. The molecule has 0 fully saturated rings. The van der Waals surface area contributed by atoms with Crippen molar-refractivity contribution in [2.24, 2.45) is 0 Å². The van der Waals surface area contributed by atoms with Gasteiger partial charge in [0.05, 0.1) is 18.0 Å². The maximum Gasteiger partial charge on any atom is 0.229 e. The van der Waals surface area contributed by atoms with Gasteiger partial charge in [-0.3, -0.25) is 4.72 Å². The molecule has 3 rings (SSSR count). The van der Waals surface area contributed by atoms with Crippen LogP contribution in [0.15, 0.2) is 60.0 Å². The van der Waals surface area contributed by atoms with Gasteiger partial charge in [-0.15, -0.1) is 11.3 Å². The Bertz CT molecular complexity index is 936. The van der Waals surface area contributed by atoms with Crippen LogP contribution >= 0.6 is 11.3 Å². The third kappa shape index (κ3) is 4.80. The Kier molecular flexibility index (Phi) is 5.06. The minimum atomic E-state index is -3.26. The molecule has 1 heterocycles. The van der Waals surface area contributed by atoms with Crippen LogP contribution in [0, 0.1) is 0 Å². The van der Waals surface area contributed by atoms with Crippen LogP contribution in [0.3, 0.4) is 0 Å². The Morgan fingerprint density at radius 1 is 1.04 bits per heavy atom. The maximum atomic E-state index is 11.2. The van der Waals surface area contributed by atoms with Gasteiger partial charge in [-0.05, 0) is 24.6 Å². The molecule has 0 spiro atoms. The smallest absolute Gasteiger partial charge is 0.229 e. The van der Waals surface area contributed by atoms with E-state index in [2.05, 4.69) is 34.1 Å². The van der Waals surface area contributed by atoms with Gasteiger partial charge >= 0.3 is 0 Å². The second kappa shape index (κ2) is 7.25. The summed E-state index contributed by atoms with van der Waals surface area (Å²) < 4.78 is 24.9. The summed E-state index contributed by atoms with van der Waals surface area (Å²) in [5.74, 6) is 0. The average molecular weight is 374 g/mol. The van der Waals surface area contributed by atoms with E-state index >= 15 is 0 Å². The summed E-state index contributed by atoms with van der Waals surface area (Å²) in [4.78, 5) is 4.62. The van der Waals surface area contributed by atoms with E-state index in [4.69, 9.17) is 0 Å². The Labute approximate surface area is 151 Å². The monoisotopic (exact) mass is 373 g/mol. The van der Waals surface area contributed by atoms with Crippen molar-refractivity contribution in [3.8, 4) is 11.3 Å². The van der Waals surface area contributed by atoms with E-state index in [-0.39, 0.29) is 6.04 Å². The summed E-state index contributed by atoms with van der Waals surface area (Å²) in [5, 5.41) is 6.24. The van der Waals surface area contributed by atoms with Gasteiger partial charge in [-0.25, -0.2) is 13.4 Å². The first kappa shape index (κ1) is 17.4. The van der Waals surface area contributed by atoms with E-state index in [1.807, 2.05) is 35.7 Å². The van der Waals surface area contributed by atoms with E-state index in [1.165, 1.54) is 5.56 Å². The zero-order valence-corrected chi connectivity index (χ0v) is 15.6. The van der Waals surface area contributed by atoms with Crippen molar-refractivity contribution in [2.75, 3.05) is 16.3 Å². The number of benzene rings is 2. The van der Waals surface area contributed by atoms with Gasteiger partial charge in [0.1, 0.15) is 0 Å². The molecule has 0 aliphatic heterocycles. The van der Waals surface area contributed by atoms with E-state index in [1.54, 1.807) is 23.5 Å². The molecule has 2 aromatic carbocycles. The standard InChI is InChI=1S/C18H19N3O2S2/c1-13(14-6-4-3-5-7-14)19-18-20-17(12-24-18)15-8-10-16(11-9-15)21-25(2,22)23/h3-13,21H,1-2H3,(H,19,20). The molecule has 7 heteroatoms. The molecular weight excluding hydrogens is 354 g/mol. The molecule has 0 bridgehead atoms. The van der Waals surface area contributed by atoms with Gasteiger partial charge in [0.2, 0.25) is 10.0 Å². The van der Waals surface area contributed by atoms with Crippen molar-refractivity contribution >= 4 is 32.2 Å². The van der Waals surface area contributed by atoms with Crippen LogP contribution in [-0.4, -0.2) is 19.7 Å². The number of hydrogen-bond donors (Lipinski definition) is 2. The first-order valence-electron chi connectivity index (χ1n) is 7.76. The number of nitrogens with one attached hydrogen (secondary N) is 2. The van der Waals surface area contributed by atoms with Crippen LogP contribution in [0.25, 0.3) is 11.3 Å². The van der Waals surface area contributed by atoms with Gasteiger partial charge in [0, 0.05) is 16.6 Å². The molecule has 0 aliphatic rings. The molecule has 1 atom stereocenters. The van der Waals surface area contributed by atoms with E-state index < -0.39 is 10.0 Å². The third-order valence-electron chi connectivity index (χ3n) is 3.63. The Morgan fingerprint density at radius 2 is 1.72 bits per heavy atom. The number of thiazole rings is 1. The van der Waals surface area contributed by atoms with Crippen LogP contribution in [0.4, 0.5) is 10.8 Å². The summed E-state index contributed by atoms with van der Waals surface area (Å²) in [5.41, 5.74) is 3.54. The van der Waals surface area contributed by atoms with Crippen molar-refractivity contribution in [3.63, 3.8) is 0 Å². The molecule has 0 aliphatic carbocycles. The Balaban J connectivity index is 1.71. The predicted octanol–water partition coefficient (Wildman–Crippen LogP) is 4.35. The van der Waals surface area contributed by atoms with Gasteiger partial charge in [0.25, 0.3) is 0 Å². The highest BCUT2D eigenvalue weighted by Crippen LogP contribution is 2.28. The summed E-state index contributed by atoms with van der Waals surface area (Å²) in [6.45, 7) is 2.10. The number of sulfonamides is 1. The molecule has 0 radical (unpaired) electrons. The van der Waals surface area contributed by atoms with Gasteiger partial charge < -0.3 is 5.32 Å². The topological polar surface area (TPSA) is 71.1 Å². The zero-order valence-electron chi connectivity index (χ0n) is 13.9. The molecule has 5 nitrogen and oxygen atoms in total. The molecule has 2 N–H and O–H groups in total. The molecule has 0 saturated heterocycles. The number of rotatable bonds is 6. The van der Waals surface area contributed by atoms with Gasteiger partial charge in [-0.1, -0.05) is 42.5 Å². The molecular formula is C18H19N3O2S2. The Morgan fingerprint density at radius 3 is 2.36 bits per heavy atom. The van der Waals surface area contributed by atoms with Gasteiger partial charge in [-0.2, -0.15) is 0 Å². The highest BCUT2D eigenvalue weighted by molar-refractivity contribution is 7.92. The molecule has 130 valence electrons. The Hall–Kier alpha value is -2.38. The summed E-state index contributed by atoms with van der Waals surface area (Å²) in [7, 11) is -3.26. The number of aromatic nitrogens is 1. The fraction of sp³-hybridized carbons (Fsp3) is 0.167.